The predicted octanol–water partition coefficient (Wildman–Crippen LogP) is 3.02. The lowest BCUT2D eigenvalue weighted by atomic mass is 9.87. The van der Waals surface area contributed by atoms with Gasteiger partial charge in [-0.1, -0.05) is 25.1 Å². The SMILES string of the molecule is CCC1(C)CNC(C)CN1CC1CCOc2ccccc21. The van der Waals surface area contributed by atoms with Crippen LogP contribution in [0.4, 0.5) is 0 Å². The summed E-state index contributed by atoms with van der Waals surface area (Å²) in [4.78, 5) is 2.71. The van der Waals surface area contributed by atoms with Crippen molar-refractivity contribution in [1.29, 1.82) is 0 Å². The van der Waals surface area contributed by atoms with Crippen LogP contribution in [0.3, 0.4) is 0 Å². The molecular formula is C18H28N2O. The first kappa shape index (κ1) is 14.9. The number of nitrogens with zero attached hydrogens (tertiary/aromatic N) is 1. The Balaban J connectivity index is 1.79. The van der Waals surface area contributed by atoms with Crippen molar-refractivity contribution >= 4 is 0 Å². The molecule has 1 aromatic carbocycles. The lowest BCUT2D eigenvalue weighted by Gasteiger charge is -2.49. The number of ether oxygens (including phenoxy) is 1. The fourth-order valence-corrected chi connectivity index (χ4v) is 3.64. The minimum atomic E-state index is 0.278. The second-order valence-electron chi connectivity index (χ2n) is 6.91. The molecule has 116 valence electrons. The third-order valence-corrected chi connectivity index (χ3v) is 5.37. The third kappa shape index (κ3) is 2.95. The Hall–Kier alpha value is -1.06. The van der Waals surface area contributed by atoms with Gasteiger partial charge in [0.05, 0.1) is 6.61 Å². The second kappa shape index (κ2) is 5.98. The van der Waals surface area contributed by atoms with E-state index in [1.165, 1.54) is 12.0 Å². The summed E-state index contributed by atoms with van der Waals surface area (Å²) in [7, 11) is 0. The molecule has 0 bridgehead atoms. The lowest BCUT2D eigenvalue weighted by Crippen LogP contribution is -2.63. The summed E-state index contributed by atoms with van der Waals surface area (Å²) in [5, 5.41) is 3.64. The van der Waals surface area contributed by atoms with Crippen LogP contribution < -0.4 is 10.1 Å². The van der Waals surface area contributed by atoms with Crippen molar-refractivity contribution in [1.82, 2.24) is 10.2 Å². The first-order valence-corrected chi connectivity index (χ1v) is 8.32. The summed E-state index contributed by atoms with van der Waals surface area (Å²) in [6.45, 7) is 11.2. The molecule has 3 atom stereocenters. The van der Waals surface area contributed by atoms with Crippen molar-refractivity contribution in [3.05, 3.63) is 29.8 Å². The fraction of sp³-hybridized carbons (Fsp3) is 0.667. The van der Waals surface area contributed by atoms with E-state index in [0.717, 1.165) is 38.4 Å². The molecule has 0 amide bonds. The number of piperazine rings is 1. The number of rotatable bonds is 3. The molecule has 2 aliphatic heterocycles. The minimum Gasteiger partial charge on any atom is -0.493 e. The van der Waals surface area contributed by atoms with Gasteiger partial charge in [-0.15, -0.1) is 0 Å². The van der Waals surface area contributed by atoms with E-state index in [4.69, 9.17) is 4.74 Å². The lowest BCUT2D eigenvalue weighted by molar-refractivity contribution is 0.0425. The maximum absolute atomic E-state index is 5.81. The van der Waals surface area contributed by atoms with Crippen molar-refractivity contribution in [2.24, 2.45) is 0 Å². The summed E-state index contributed by atoms with van der Waals surface area (Å²) in [6.07, 6.45) is 2.33. The Kier molecular flexibility index (Phi) is 4.23. The second-order valence-corrected chi connectivity index (χ2v) is 6.91. The van der Waals surface area contributed by atoms with E-state index in [9.17, 15) is 0 Å². The zero-order valence-electron chi connectivity index (χ0n) is 13.6. The molecule has 2 heterocycles. The normalized spacial score (nSPS) is 33.3. The van der Waals surface area contributed by atoms with Gasteiger partial charge >= 0.3 is 0 Å². The summed E-state index contributed by atoms with van der Waals surface area (Å²) < 4.78 is 5.81. The summed E-state index contributed by atoms with van der Waals surface area (Å²) in [6, 6.07) is 9.15. The van der Waals surface area contributed by atoms with Crippen LogP contribution in [0, 0.1) is 0 Å². The molecule has 0 aliphatic carbocycles. The molecule has 3 nitrogen and oxygen atoms in total. The molecule has 0 aromatic heterocycles. The van der Waals surface area contributed by atoms with E-state index in [1.807, 2.05) is 0 Å². The Morgan fingerprint density at radius 2 is 2.19 bits per heavy atom. The Labute approximate surface area is 128 Å². The highest BCUT2D eigenvalue weighted by Gasteiger charge is 2.37. The van der Waals surface area contributed by atoms with Crippen LogP contribution in [-0.2, 0) is 0 Å². The molecule has 3 rings (SSSR count). The first-order valence-electron chi connectivity index (χ1n) is 8.32. The average Bonchev–Trinajstić information content (AvgIpc) is 2.51. The van der Waals surface area contributed by atoms with E-state index in [1.54, 1.807) is 0 Å². The van der Waals surface area contributed by atoms with Crippen LogP contribution in [0.2, 0.25) is 0 Å². The van der Waals surface area contributed by atoms with Crippen LogP contribution >= 0.6 is 0 Å². The molecule has 1 saturated heterocycles. The molecule has 0 spiro atoms. The third-order valence-electron chi connectivity index (χ3n) is 5.37. The van der Waals surface area contributed by atoms with E-state index < -0.39 is 0 Å². The van der Waals surface area contributed by atoms with Crippen LogP contribution in [0.25, 0.3) is 0 Å². The number of hydrogen-bond donors (Lipinski definition) is 1. The van der Waals surface area contributed by atoms with Crippen molar-refractivity contribution < 1.29 is 4.74 Å². The van der Waals surface area contributed by atoms with Crippen LogP contribution in [0.1, 0.15) is 45.1 Å². The average molecular weight is 288 g/mol. The first-order chi connectivity index (χ1) is 10.1. The molecule has 0 saturated carbocycles. The molecule has 1 aromatic rings. The smallest absolute Gasteiger partial charge is 0.122 e. The van der Waals surface area contributed by atoms with Gasteiger partial charge in [-0.25, -0.2) is 0 Å². The summed E-state index contributed by atoms with van der Waals surface area (Å²) in [5.74, 6) is 1.70. The summed E-state index contributed by atoms with van der Waals surface area (Å²) in [5.41, 5.74) is 1.67. The number of benzene rings is 1. The number of hydrogen-bond acceptors (Lipinski definition) is 3. The molecule has 3 heteroatoms. The van der Waals surface area contributed by atoms with E-state index in [-0.39, 0.29) is 5.54 Å². The molecule has 2 aliphatic rings. The topological polar surface area (TPSA) is 24.5 Å². The number of fused-ring (bicyclic) bond motifs is 1. The Morgan fingerprint density at radius 3 is 3.00 bits per heavy atom. The minimum absolute atomic E-state index is 0.278. The quantitative estimate of drug-likeness (QED) is 0.925. The zero-order chi connectivity index (χ0) is 14.9. The van der Waals surface area contributed by atoms with Crippen molar-refractivity contribution in [2.75, 3.05) is 26.2 Å². The van der Waals surface area contributed by atoms with Crippen LogP contribution in [0.15, 0.2) is 24.3 Å². The zero-order valence-corrected chi connectivity index (χ0v) is 13.6. The Morgan fingerprint density at radius 1 is 1.38 bits per heavy atom. The van der Waals surface area contributed by atoms with Gasteiger partial charge in [0, 0.05) is 37.1 Å². The molecule has 1 N–H and O–H groups in total. The predicted molar refractivity (Wildman–Crippen MR) is 87.0 cm³/mol. The molecular weight excluding hydrogens is 260 g/mol. The van der Waals surface area contributed by atoms with Crippen molar-refractivity contribution in [2.45, 2.75) is 51.1 Å². The van der Waals surface area contributed by atoms with Crippen molar-refractivity contribution in [3.63, 3.8) is 0 Å². The van der Waals surface area contributed by atoms with Crippen LogP contribution in [0.5, 0.6) is 5.75 Å². The number of nitrogens with one attached hydrogen (secondary N) is 1. The van der Waals surface area contributed by atoms with Gasteiger partial charge in [-0.05, 0) is 38.3 Å². The monoisotopic (exact) mass is 288 g/mol. The summed E-state index contributed by atoms with van der Waals surface area (Å²) >= 11 is 0. The van der Waals surface area contributed by atoms with E-state index in [0.29, 0.717) is 12.0 Å². The highest BCUT2D eigenvalue weighted by atomic mass is 16.5. The van der Waals surface area contributed by atoms with Gasteiger partial charge in [0.15, 0.2) is 0 Å². The van der Waals surface area contributed by atoms with Gasteiger partial charge in [0.2, 0.25) is 0 Å². The highest BCUT2D eigenvalue weighted by Crippen LogP contribution is 2.36. The van der Waals surface area contributed by atoms with Crippen molar-refractivity contribution in [3.8, 4) is 5.75 Å². The fourth-order valence-electron chi connectivity index (χ4n) is 3.64. The molecule has 0 radical (unpaired) electrons. The van der Waals surface area contributed by atoms with Gasteiger partial charge in [-0.3, -0.25) is 4.90 Å². The molecule has 21 heavy (non-hydrogen) atoms. The standard InChI is InChI=1S/C18H28N2O/c1-4-18(3)13-19-14(2)11-20(18)12-15-9-10-21-17-8-6-5-7-16(15)17/h5-8,14-15,19H,4,9-13H2,1-3H3. The van der Waals surface area contributed by atoms with Gasteiger partial charge < -0.3 is 10.1 Å². The molecule has 3 unspecified atom stereocenters. The van der Waals surface area contributed by atoms with Gasteiger partial charge in [-0.2, -0.15) is 0 Å². The number of para-hydroxylation sites is 1. The highest BCUT2D eigenvalue weighted by molar-refractivity contribution is 5.38. The van der Waals surface area contributed by atoms with Gasteiger partial charge in [0.1, 0.15) is 5.75 Å². The van der Waals surface area contributed by atoms with Crippen LogP contribution in [-0.4, -0.2) is 42.7 Å². The maximum Gasteiger partial charge on any atom is 0.122 e. The molecule has 1 fully saturated rings. The van der Waals surface area contributed by atoms with E-state index in [2.05, 4.69) is 55.3 Å². The van der Waals surface area contributed by atoms with E-state index >= 15 is 0 Å². The Bertz CT molecular complexity index is 490. The maximum atomic E-state index is 5.81. The van der Waals surface area contributed by atoms with Gasteiger partial charge in [0.25, 0.3) is 0 Å². The largest absolute Gasteiger partial charge is 0.493 e.